The number of nitrogens with zero attached hydrogens (tertiary/aromatic N) is 2. The number of para-hydroxylation sites is 2. The van der Waals surface area contributed by atoms with Gasteiger partial charge in [0.05, 0.1) is 10.7 Å². The molecule has 7 nitrogen and oxygen atoms in total. The van der Waals surface area contributed by atoms with Gasteiger partial charge in [0.1, 0.15) is 5.69 Å². The Kier molecular flexibility index (Phi) is 4.24. The van der Waals surface area contributed by atoms with Gasteiger partial charge in [-0.3, -0.25) is 10.1 Å². The summed E-state index contributed by atoms with van der Waals surface area (Å²) in [7, 11) is -3.52. The van der Waals surface area contributed by atoms with Crippen molar-refractivity contribution >= 4 is 21.4 Å². The van der Waals surface area contributed by atoms with E-state index in [-0.39, 0.29) is 17.4 Å². The minimum atomic E-state index is -3.52. The van der Waals surface area contributed by atoms with Crippen LogP contribution < -0.4 is 10.0 Å². The number of anilines is 1. The van der Waals surface area contributed by atoms with Gasteiger partial charge in [0.15, 0.2) is 0 Å². The average Bonchev–Trinajstić information content (AvgIpc) is 2.37. The lowest BCUT2D eigenvalue weighted by Crippen LogP contribution is -2.39. The summed E-state index contributed by atoms with van der Waals surface area (Å²) < 4.78 is 22.3. The standard InChI is InChI=1S/C12H17N3O4S/c13-20(18,19)9-10-4-3-7-14(8-10)11-5-1-2-6-12(11)15(16)17/h1-2,5-6,10H,3-4,7-9H2,(H2,13,18,19)/t10-/m0/s1. The lowest BCUT2D eigenvalue weighted by molar-refractivity contribution is -0.384. The van der Waals surface area contributed by atoms with Crippen LogP contribution in [0, 0.1) is 16.0 Å². The molecule has 0 unspecified atom stereocenters. The van der Waals surface area contributed by atoms with Gasteiger partial charge >= 0.3 is 0 Å². The molecule has 20 heavy (non-hydrogen) atoms. The van der Waals surface area contributed by atoms with Gasteiger partial charge in [-0.2, -0.15) is 0 Å². The van der Waals surface area contributed by atoms with Gasteiger partial charge in [-0.05, 0) is 24.8 Å². The van der Waals surface area contributed by atoms with E-state index in [1.165, 1.54) is 6.07 Å². The second-order valence-electron chi connectivity index (χ2n) is 5.03. The SMILES string of the molecule is NS(=O)(=O)C[C@H]1CCCN(c2ccccc2[N+](=O)[O-])C1. The normalized spacial score (nSPS) is 19.9. The van der Waals surface area contributed by atoms with Gasteiger partial charge in [0.2, 0.25) is 10.0 Å². The third-order valence-electron chi connectivity index (χ3n) is 3.41. The Hall–Kier alpha value is -1.67. The van der Waals surface area contributed by atoms with Crippen LogP contribution in [0.25, 0.3) is 0 Å². The molecule has 2 rings (SSSR count). The summed E-state index contributed by atoms with van der Waals surface area (Å²) in [5.74, 6) is -0.164. The van der Waals surface area contributed by atoms with Crippen molar-refractivity contribution in [3.8, 4) is 0 Å². The molecule has 1 atom stereocenters. The maximum absolute atomic E-state index is 11.2. The Morgan fingerprint density at radius 3 is 2.75 bits per heavy atom. The van der Waals surface area contributed by atoms with Crippen molar-refractivity contribution in [1.29, 1.82) is 0 Å². The zero-order valence-electron chi connectivity index (χ0n) is 10.9. The minimum absolute atomic E-state index is 0.0451. The number of nitro benzene ring substituents is 1. The molecule has 1 fully saturated rings. The van der Waals surface area contributed by atoms with E-state index in [1.54, 1.807) is 18.2 Å². The van der Waals surface area contributed by atoms with E-state index in [4.69, 9.17) is 5.14 Å². The van der Waals surface area contributed by atoms with E-state index >= 15 is 0 Å². The molecule has 1 heterocycles. The molecular weight excluding hydrogens is 282 g/mol. The molecule has 0 bridgehead atoms. The van der Waals surface area contributed by atoms with Gasteiger partial charge < -0.3 is 4.90 Å². The molecule has 0 aliphatic carbocycles. The largest absolute Gasteiger partial charge is 0.366 e. The Bertz CT molecular complexity index is 602. The Labute approximate surface area is 117 Å². The molecule has 0 aromatic heterocycles. The number of hydrogen-bond acceptors (Lipinski definition) is 5. The van der Waals surface area contributed by atoms with Crippen LogP contribution in [0.3, 0.4) is 0 Å². The highest BCUT2D eigenvalue weighted by Gasteiger charge is 2.27. The molecule has 1 saturated heterocycles. The molecule has 2 N–H and O–H groups in total. The van der Waals surface area contributed by atoms with Gasteiger partial charge in [-0.1, -0.05) is 12.1 Å². The summed E-state index contributed by atoms with van der Waals surface area (Å²) in [6, 6.07) is 6.51. The van der Waals surface area contributed by atoms with Gasteiger partial charge in [0.25, 0.3) is 5.69 Å². The molecule has 1 aromatic rings. The third-order valence-corrected chi connectivity index (χ3v) is 4.34. The van der Waals surface area contributed by atoms with Crippen LogP contribution in [-0.4, -0.2) is 32.2 Å². The van der Waals surface area contributed by atoms with Crippen molar-refractivity contribution in [2.75, 3.05) is 23.7 Å². The smallest absolute Gasteiger partial charge is 0.292 e. The van der Waals surface area contributed by atoms with E-state index in [0.29, 0.717) is 18.8 Å². The zero-order chi connectivity index (χ0) is 14.8. The fourth-order valence-corrected chi connectivity index (χ4v) is 3.56. The number of benzene rings is 1. The first-order valence-electron chi connectivity index (χ1n) is 6.35. The Morgan fingerprint density at radius 2 is 2.10 bits per heavy atom. The lowest BCUT2D eigenvalue weighted by atomic mass is 9.99. The summed E-state index contributed by atoms with van der Waals surface area (Å²) in [5, 5.41) is 16.1. The highest BCUT2D eigenvalue weighted by molar-refractivity contribution is 7.89. The van der Waals surface area contributed by atoms with Crippen LogP contribution in [-0.2, 0) is 10.0 Å². The fraction of sp³-hybridized carbons (Fsp3) is 0.500. The topological polar surface area (TPSA) is 107 Å². The van der Waals surface area contributed by atoms with Gasteiger partial charge in [0, 0.05) is 19.2 Å². The first-order chi connectivity index (χ1) is 9.37. The highest BCUT2D eigenvalue weighted by atomic mass is 32.2. The minimum Gasteiger partial charge on any atom is -0.366 e. The molecule has 0 spiro atoms. The number of sulfonamides is 1. The van der Waals surface area contributed by atoms with Crippen molar-refractivity contribution < 1.29 is 13.3 Å². The number of primary sulfonamides is 1. The van der Waals surface area contributed by atoms with Crippen molar-refractivity contribution in [2.24, 2.45) is 11.1 Å². The summed E-state index contributed by atoms with van der Waals surface area (Å²) >= 11 is 0. The van der Waals surface area contributed by atoms with Crippen molar-refractivity contribution in [2.45, 2.75) is 12.8 Å². The predicted octanol–water partition coefficient (Wildman–Crippen LogP) is 1.10. The van der Waals surface area contributed by atoms with Crippen molar-refractivity contribution in [1.82, 2.24) is 0 Å². The van der Waals surface area contributed by atoms with Crippen LogP contribution in [0.15, 0.2) is 24.3 Å². The summed E-state index contributed by atoms with van der Waals surface area (Å²) in [4.78, 5) is 12.5. The van der Waals surface area contributed by atoms with Crippen molar-refractivity contribution in [3.05, 3.63) is 34.4 Å². The average molecular weight is 299 g/mol. The molecular formula is C12H17N3O4S. The molecule has 8 heteroatoms. The van der Waals surface area contributed by atoms with E-state index in [1.807, 2.05) is 4.90 Å². The van der Waals surface area contributed by atoms with E-state index in [2.05, 4.69) is 0 Å². The quantitative estimate of drug-likeness (QED) is 0.661. The summed E-state index contributed by atoms with van der Waals surface area (Å²) in [6.45, 7) is 1.16. The monoisotopic (exact) mass is 299 g/mol. The maximum atomic E-state index is 11.2. The maximum Gasteiger partial charge on any atom is 0.292 e. The van der Waals surface area contributed by atoms with Gasteiger partial charge in [-0.15, -0.1) is 0 Å². The number of hydrogen-bond donors (Lipinski definition) is 1. The Morgan fingerprint density at radius 1 is 1.40 bits per heavy atom. The number of nitro groups is 1. The summed E-state index contributed by atoms with van der Waals surface area (Å²) in [5.41, 5.74) is 0.584. The molecule has 0 amide bonds. The van der Waals surface area contributed by atoms with Gasteiger partial charge in [-0.25, -0.2) is 13.6 Å². The van der Waals surface area contributed by atoms with Crippen LogP contribution in [0.1, 0.15) is 12.8 Å². The first kappa shape index (κ1) is 14.7. The lowest BCUT2D eigenvalue weighted by Gasteiger charge is -2.33. The Balaban J connectivity index is 2.19. The number of nitrogens with two attached hydrogens (primary N) is 1. The predicted molar refractivity (Wildman–Crippen MR) is 76.0 cm³/mol. The summed E-state index contributed by atoms with van der Waals surface area (Å²) in [6.07, 6.45) is 1.57. The zero-order valence-corrected chi connectivity index (χ0v) is 11.8. The van der Waals surface area contributed by atoms with Crippen LogP contribution >= 0.6 is 0 Å². The van der Waals surface area contributed by atoms with Crippen molar-refractivity contribution in [3.63, 3.8) is 0 Å². The molecule has 1 aromatic carbocycles. The van der Waals surface area contributed by atoms with E-state index in [9.17, 15) is 18.5 Å². The van der Waals surface area contributed by atoms with Crippen LogP contribution in [0.5, 0.6) is 0 Å². The number of rotatable bonds is 4. The fourth-order valence-electron chi connectivity index (χ4n) is 2.63. The van der Waals surface area contributed by atoms with E-state index in [0.717, 1.165) is 12.8 Å². The number of piperidine rings is 1. The molecule has 1 aliphatic heterocycles. The van der Waals surface area contributed by atoms with Crippen LogP contribution in [0.2, 0.25) is 0 Å². The van der Waals surface area contributed by atoms with Crippen LogP contribution in [0.4, 0.5) is 11.4 Å². The third kappa shape index (κ3) is 3.67. The first-order valence-corrected chi connectivity index (χ1v) is 8.07. The molecule has 0 saturated carbocycles. The second kappa shape index (κ2) is 5.76. The molecule has 0 radical (unpaired) electrons. The molecule has 1 aliphatic rings. The highest BCUT2D eigenvalue weighted by Crippen LogP contribution is 2.31. The van der Waals surface area contributed by atoms with E-state index < -0.39 is 14.9 Å². The second-order valence-corrected chi connectivity index (χ2v) is 6.69. The molecule has 110 valence electrons.